The number of nitrogens with one attached hydrogen (secondary N) is 1. The van der Waals surface area contributed by atoms with Gasteiger partial charge >= 0.3 is 0 Å². The van der Waals surface area contributed by atoms with Crippen LogP contribution in [-0.2, 0) is 4.79 Å². The van der Waals surface area contributed by atoms with E-state index in [4.69, 9.17) is 9.47 Å². The molecule has 0 radical (unpaired) electrons. The fraction of sp³-hybridized carbons (Fsp3) is 0.318. The minimum Gasteiger partial charge on any atom is -0.497 e. The number of amides is 2. The fourth-order valence-corrected chi connectivity index (χ4v) is 3.24. The first kappa shape index (κ1) is 20.4. The molecule has 0 aromatic heterocycles. The van der Waals surface area contributed by atoms with Crippen molar-refractivity contribution in [3.05, 3.63) is 59.7 Å². The summed E-state index contributed by atoms with van der Waals surface area (Å²) in [4.78, 5) is 26.8. The Kier molecular flexibility index (Phi) is 6.84. The number of likely N-dealkylation sites (tertiary alicyclic amines) is 1. The molecule has 1 saturated heterocycles. The Morgan fingerprint density at radius 2 is 1.72 bits per heavy atom. The molecule has 1 aliphatic heterocycles. The Morgan fingerprint density at radius 3 is 2.38 bits per heavy atom. The molecule has 2 aromatic rings. The molecule has 0 bridgehead atoms. The zero-order valence-corrected chi connectivity index (χ0v) is 16.6. The summed E-state index contributed by atoms with van der Waals surface area (Å²) in [6.45, 7) is 1.08. The fourth-order valence-electron chi connectivity index (χ4n) is 3.24. The summed E-state index contributed by atoms with van der Waals surface area (Å²) < 4.78 is 10.3. The lowest BCUT2D eigenvalue weighted by atomic mass is 9.95. The summed E-state index contributed by atoms with van der Waals surface area (Å²) in [7, 11) is 3.18. The van der Waals surface area contributed by atoms with E-state index in [1.54, 1.807) is 49.6 Å². The standard InChI is InChI=1S/C22H25N3O4/c1-28-19-8-6-16(7-9-19)15-23-24-21(26)17-10-12-25(13-11-17)22(27)18-4-3-5-20(14-18)29-2/h3-9,14-15,17H,10-13H2,1-2H3,(H,24,26)/b23-15-. The molecular formula is C22H25N3O4. The van der Waals surface area contributed by atoms with Crippen molar-refractivity contribution >= 4 is 18.0 Å². The van der Waals surface area contributed by atoms with Crippen LogP contribution in [0.15, 0.2) is 53.6 Å². The summed E-state index contributed by atoms with van der Waals surface area (Å²) in [5.74, 6) is 1.10. The highest BCUT2D eigenvalue weighted by atomic mass is 16.5. The third-order valence-electron chi connectivity index (χ3n) is 4.97. The van der Waals surface area contributed by atoms with Gasteiger partial charge in [-0.2, -0.15) is 5.10 Å². The maximum Gasteiger partial charge on any atom is 0.253 e. The van der Waals surface area contributed by atoms with Crippen molar-refractivity contribution in [3.8, 4) is 11.5 Å². The van der Waals surface area contributed by atoms with E-state index < -0.39 is 0 Å². The lowest BCUT2D eigenvalue weighted by Crippen LogP contribution is -2.42. The molecule has 0 unspecified atom stereocenters. The molecule has 152 valence electrons. The zero-order chi connectivity index (χ0) is 20.6. The smallest absolute Gasteiger partial charge is 0.253 e. The molecule has 0 saturated carbocycles. The van der Waals surface area contributed by atoms with E-state index in [1.165, 1.54) is 0 Å². The van der Waals surface area contributed by atoms with Gasteiger partial charge in [0.05, 0.1) is 20.4 Å². The summed E-state index contributed by atoms with van der Waals surface area (Å²) >= 11 is 0. The largest absolute Gasteiger partial charge is 0.497 e. The molecule has 2 aromatic carbocycles. The average Bonchev–Trinajstić information content (AvgIpc) is 2.79. The van der Waals surface area contributed by atoms with Crippen LogP contribution in [0.2, 0.25) is 0 Å². The number of ether oxygens (including phenoxy) is 2. The van der Waals surface area contributed by atoms with E-state index in [9.17, 15) is 9.59 Å². The van der Waals surface area contributed by atoms with Gasteiger partial charge in [0.2, 0.25) is 5.91 Å². The van der Waals surface area contributed by atoms with Crippen molar-refractivity contribution in [1.82, 2.24) is 10.3 Å². The van der Waals surface area contributed by atoms with Gasteiger partial charge in [-0.3, -0.25) is 9.59 Å². The molecular weight excluding hydrogens is 370 g/mol. The van der Waals surface area contributed by atoms with Crippen LogP contribution in [0.25, 0.3) is 0 Å². The van der Waals surface area contributed by atoms with E-state index >= 15 is 0 Å². The molecule has 3 rings (SSSR count). The summed E-state index contributed by atoms with van der Waals surface area (Å²) in [5, 5.41) is 4.03. The number of carbonyl (C=O) groups is 2. The van der Waals surface area contributed by atoms with Crippen molar-refractivity contribution < 1.29 is 19.1 Å². The van der Waals surface area contributed by atoms with Crippen LogP contribution in [-0.4, -0.2) is 50.2 Å². The normalized spacial score (nSPS) is 14.6. The van der Waals surface area contributed by atoms with Crippen LogP contribution in [0, 0.1) is 5.92 Å². The van der Waals surface area contributed by atoms with Crippen LogP contribution in [0.4, 0.5) is 0 Å². The van der Waals surface area contributed by atoms with Gasteiger partial charge in [0.25, 0.3) is 5.91 Å². The van der Waals surface area contributed by atoms with E-state index in [2.05, 4.69) is 10.5 Å². The second-order valence-electron chi connectivity index (χ2n) is 6.81. The maximum atomic E-state index is 12.7. The number of hydrazone groups is 1. The quantitative estimate of drug-likeness (QED) is 0.602. The zero-order valence-electron chi connectivity index (χ0n) is 16.6. The van der Waals surface area contributed by atoms with Gasteiger partial charge in [-0.05, 0) is 60.9 Å². The molecule has 1 N–H and O–H groups in total. The Labute approximate surface area is 170 Å². The van der Waals surface area contributed by atoms with Gasteiger partial charge in [-0.25, -0.2) is 5.43 Å². The van der Waals surface area contributed by atoms with Crippen LogP contribution in [0.3, 0.4) is 0 Å². The molecule has 1 fully saturated rings. The van der Waals surface area contributed by atoms with Gasteiger partial charge in [-0.15, -0.1) is 0 Å². The number of carbonyl (C=O) groups excluding carboxylic acids is 2. The molecule has 1 heterocycles. The predicted molar refractivity (Wildman–Crippen MR) is 110 cm³/mol. The van der Waals surface area contributed by atoms with Gasteiger partial charge in [0.15, 0.2) is 0 Å². The van der Waals surface area contributed by atoms with Crippen LogP contribution >= 0.6 is 0 Å². The first-order valence-electron chi connectivity index (χ1n) is 9.51. The lowest BCUT2D eigenvalue weighted by Gasteiger charge is -2.31. The molecule has 2 amide bonds. The molecule has 1 aliphatic rings. The van der Waals surface area contributed by atoms with Crippen LogP contribution in [0.5, 0.6) is 11.5 Å². The maximum absolute atomic E-state index is 12.7. The second-order valence-corrected chi connectivity index (χ2v) is 6.81. The van der Waals surface area contributed by atoms with Crippen LogP contribution in [0.1, 0.15) is 28.8 Å². The van der Waals surface area contributed by atoms with Gasteiger partial charge in [0, 0.05) is 24.6 Å². The van der Waals surface area contributed by atoms with Gasteiger partial charge < -0.3 is 14.4 Å². The first-order chi connectivity index (χ1) is 14.1. The average molecular weight is 395 g/mol. The van der Waals surface area contributed by atoms with Crippen molar-refractivity contribution in [2.45, 2.75) is 12.8 Å². The van der Waals surface area contributed by atoms with Gasteiger partial charge in [-0.1, -0.05) is 6.07 Å². The van der Waals surface area contributed by atoms with Crippen molar-refractivity contribution in [2.24, 2.45) is 11.0 Å². The van der Waals surface area contributed by atoms with E-state index in [1.807, 2.05) is 24.3 Å². The Morgan fingerprint density at radius 1 is 1.03 bits per heavy atom. The number of benzene rings is 2. The SMILES string of the molecule is COc1ccc(/C=N\NC(=O)C2CCN(C(=O)c3cccc(OC)c3)CC2)cc1. The number of piperidine rings is 1. The Balaban J connectivity index is 1.48. The first-order valence-corrected chi connectivity index (χ1v) is 9.51. The Bertz CT molecular complexity index is 872. The molecule has 0 atom stereocenters. The van der Waals surface area contributed by atoms with Gasteiger partial charge in [0.1, 0.15) is 11.5 Å². The minimum atomic E-state index is -0.155. The van der Waals surface area contributed by atoms with E-state index in [0.29, 0.717) is 37.2 Å². The third kappa shape index (κ3) is 5.34. The topological polar surface area (TPSA) is 80.2 Å². The predicted octanol–water partition coefficient (Wildman–Crippen LogP) is 2.71. The molecule has 29 heavy (non-hydrogen) atoms. The number of methoxy groups -OCH3 is 2. The van der Waals surface area contributed by atoms with E-state index in [-0.39, 0.29) is 17.7 Å². The minimum absolute atomic E-state index is 0.0414. The van der Waals surface area contributed by atoms with E-state index in [0.717, 1.165) is 11.3 Å². The van der Waals surface area contributed by atoms with Crippen molar-refractivity contribution in [3.63, 3.8) is 0 Å². The summed E-state index contributed by atoms with van der Waals surface area (Å²) in [6.07, 6.45) is 2.82. The monoisotopic (exact) mass is 395 g/mol. The van der Waals surface area contributed by atoms with Crippen LogP contribution < -0.4 is 14.9 Å². The molecule has 0 spiro atoms. The number of rotatable bonds is 6. The lowest BCUT2D eigenvalue weighted by molar-refractivity contribution is -0.126. The van der Waals surface area contributed by atoms with Crippen molar-refractivity contribution in [1.29, 1.82) is 0 Å². The summed E-state index contributed by atoms with van der Waals surface area (Å²) in [6, 6.07) is 14.5. The Hall–Kier alpha value is -3.35. The molecule has 7 nitrogen and oxygen atoms in total. The number of hydrogen-bond donors (Lipinski definition) is 1. The highest BCUT2D eigenvalue weighted by Crippen LogP contribution is 2.21. The molecule has 0 aliphatic carbocycles. The highest BCUT2D eigenvalue weighted by Gasteiger charge is 2.27. The highest BCUT2D eigenvalue weighted by molar-refractivity contribution is 5.94. The summed E-state index contributed by atoms with van der Waals surface area (Å²) in [5.41, 5.74) is 4.06. The third-order valence-corrected chi connectivity index (χ3v) is 4.97. The second kappa shape index (κ2) is 9.73. The molecule has 7 heteroatoms. The number of hydrogen-bond acceptors (Lipinski definition) is 5. The number of nitrogens with zero attached hydrogens (tertiary/aromatic N) is 2. The van der Waals surface area contributed by atoms with Crippen molar-refractivity contribution in [2.75, 3.05) is 27.3 Å².